The number of benzene rings is 5. The molecule has 0 radical (unpaired) electrons. The Morgan fingerprint density at radius 1 is 0.382 bits per heavy atom. The number of ether oxygens (including phenoxy) is 8. The van der Waals surface area contributed by atoms with E-state index in [0.29, 0.717) is 52.1 Å². The van der Waals surface area contributed by atoms with Crippen molar-refractivity contribution >= 4 is 0 Å². The zero-order valence-electron chi connectivity index (χ0n) is 40.3. The Labute approximate surface area is 403 Å². The first-order chi connectivity index (χ1) is 32.9. The Kier molecular flexibility index (Phi) is 14.7. The maximum atomic E-state index is 6.35. The van der Waals surface area contributed by atoms with Gasteiger partial charge in [-0.15, -0.1) is 0 Å². The third-order valence-electron chi connectivity index (χ3n) is 12.6. The van der Waals surface area contributed by atoms with Gasteiger partial charge in [0.05, 0.1) is 26.4 Å². The summed E-state index contributed by atoms with van der Waals surface area (Å²) in [5, 5.41) is 0. The van der Waals surface area contributed by atoms with Crippen LogP contribution in [0.4, 0.5) is 0 Å². The highest BCUT2D eigenvalue weighted by atomic mass is 16.6. The van der Waals surface area contributed by atoms with Gasteiger partial charge in [-0.3, -0.25) is 0 Å². The fraction of sp³-hybridized carbons (Fsp3) is 0.367. The SMILES string of the molecule is C=C(C)Cc1cc(C(c2ccc(C(c3ccc(OCC4CO4)c(CC(=C)C)c3)c3ccc(OCC4CO4)c(CC(=C)C)c3)cc2)c2ccc(OCC3CO3)c(CC(=C)C)c2)ccc1OCC1CO1. The van der Waals surface area contributed by atoms with Gasteiger partial charge in [0, 0.05) is 11.8 Å². The Morgan fingerprint density at radius 3 is 0.779 bits per heavy atom. The average Bonchev–Trinajstić information content (AvgIpc) is 4.09. The highest BCUT2D eigenvalue weighted by Gasteiger charge is 2.29. The Morgan fingerprint density at radius 2 is 0.588 bits per heavy atom. The summed E-state index contributed by atoms with van der Waals surface area (Å²) in [6.07, 6.45) is 3.43. The van der Waals surface area contributed by atoms with Crippen LogP contribution in [0.2, 0.25) is 0 Å². The van der Waals surface area contributed by atoms with Crippen molar-refractivity contribution in [1.82, 2.24) is 0 Å². The number of hydrogen-bond donors (Lipinski definition) is 0. The van der Waals surface area contributed by atoms with Gasteiger partial charge in [-0.25, -0.2) is 0 Å². The molecule has 5 aromatic rings. The fourth-order valence-electron chi connectivity index (χ4n) is 8.96. The van der Waals surface area contributed by atoms with E-state index in [1.165, 1.54) is 0 Å². The van der Waals surface area contributed by atoms with E-state index in [1.54, 1.807) is 0 Å². The highest BCUT2D eigenvalue weighted by molar-refractivity contribution is 5.55. The topological polar surface area (TPSA) is 87.0 Å². The lowest BCUT2D eigenvalue weighted by Crippen LogP contribution is -2.11. The van der Waals surface area contributed by atoms with Crippen LogP contribution in [0.25, 0.3) is 0 Å². The van der Waals surface area contributed by atoms with Gasteiger partial charge in [-0.2, -0.15) is 0 Å². The molecule has 4 saturated heterocycles. The third kappa shape index (κ3) is 12.8. The Balaban J connectivity index is 1.14. The van der Waals surface area contributed by atoms with E-state index in [4.69, 9.17) is 37.9 Å². The summed E-state index contributed by atoms with van der Waals surface area (Å²) in [5.74, 6) is 3.24. The smallest absolute Gasteiger partial charge is 0.122 e. The maximum Gasteiger partial charge on any atom is 0.122 e. The molecular weight excluding hydrogens is 849 g/mol. The van der Waals surface area contributed by atoms with E-state index < -0.39 is 0 Å². The Hall–Kier alpha value is -5.90. The zero-order valence-corrected chi connectivity index (χ0v) is 40.3. The quantitative estimate of drug-likeness (QED) is 0.0308. The summed E-state index contributed by atoms with van der Waals surface area (Å²) in [6.45, 7) is 30.5. The molecular formula is C60H66O8. The number of hydrogen-bond acceptors (Lipinski definition) is 8. The first-order valence-corrected chi connectivity index (χ1v) is 24.1. The van der Waals surface area contributed by atoms with E-state index in [2.05, 4.69) is 151 Å². The van der Waals surface area contributed by atoms with E-state index in [1.807, 2.05) is 0 Å². The minimum Gasteiger partial charge on any atom is -0.490 e. The lowest BCUT2D eigenvalue weighted by atomic mass is 9.80. The molecule has 8 nitrogen and oxygen atoms in total. The van der Waals surface area contributed by atoms with Gasteiger partial charge in [-0.05, 0) is 133 Å². The second kappa shape index (κ2) is 21.2. The lowest BCUT2D eigenvalue weighted by molar-refractivity contribution is 0.261. The van der Waals surface area contributed by atoms with Crippen LogP contribution in [-0.2, 0) is 44.6 Å². The molecule has 4 unspecified atom stereocenters. The van der Waals surface area contributed by atoms with Crippen LogP contribution in [0.1, 0.15) is 95.2 Å². The largest absolute Gasteiger partial charge is 0.490 e. The monoisotopic (exact) mass is 914 g/mol. The fourth-order valence-corrected chi connectivity index (χ4v) is 8.96. The Bertz CT molecular complexity index is 2300. The summed E-state index contributed by atoms with van der Waals surface area (Å²) in [6, 6.07) is 35.8. The predicted molar refractivity (Wildman–Crippen MR) is 269 cm³/mol. The van der Waals surface area contributed by atoms with Crippen molar-refractivity contribution in [1.29, 1.82) is 0 Å². The molecule has 0 N–H and O–H groups in total. The number of rotatable bonds is 26. The van der Waals surface area contributed by atoms with Crippen LogP contribution >= 0.6 is 0 Å². The molecule has 4 heterocycles. The average molecular weight is 915 g/mol. The van der Waals surface area contributed by atoms with E-state index in [9.17, 15) is 0 Å². The molecule has 0 bridgehead atoms. The van der Waals surface area contributed by atoms with Crippen molar-refractivity contribution in [3.63, 3.8) is 0 Å². The van der Waals surface area contributed by atoms with Crippen molar-refractivity contribution in [2.24, 2.45) is 0 Å². The second-order valence-corrected chi connectivity index (χ2v) is 19.6. The van der Waals surface area contributed by atoms with Crippen molar-refractivity contribution in [3.05, 3.63) is 201 Å². The summed E-state index contributed by atoms with van der Waals surface area (Å²) in [7, 11) is 0. The van der Waals surface area contributed by atoms with Gasteiger partial charge in [0.15, 0.2) is 0 Å². The van der Waals surface area contributed by atoms with Crippen LogP contribution in [0.3, 0.4) is 0 Å². The van der Waals surface area contributed by atoms with Crippen molar-refractivity contribution in [3.8, 4) is 23.0 Å². The van der Waals surface area contributed by atoms with Crippen LogP contribution in [-0.4, -0.2) is 77.3 Å². The molecule has 0 spiro atoms. The molecule has 0 aromatic heterocycles. The minimum absolute atomic E-state index is 0.111. The lowest BCUT2D eigenvalue weighted by Gasteiger charge is -2.25. The van der Waals surface area contributed by atoms with Gasteiger partial charge in [0.25, 0.3) is 0 Å². The first kappa shape index (κ1) is 47.2. The molecule has 4 atom stereocenters. The molecule has 5 aromatic carbocycles. The highest BCUT2D eigenvalue weighted by Crippen LogP contribution is 2.41. The van der Waals surface area contributed by atoms with Gasteiger partial charge in [0.1, 0.15) is 73.8 Å². The van der Waals surface area contributed by atoms with E-state index in [0.717, 1.165) is 127 Å². The zero-order chi connectivity index (χ0) is 47.3. The molecule has 0 saturated carbocycles. The van der Waals surface area contributed by atoms with Crippen LogP contribution < -0.4 is 18.9 Å². The van der Waals surface area contributed by atoms with Crippen LogP contribution in [0.5, 0.6) is 23.0 Å². The van der Waals surface area contributed by atoms with E-state index >= 15 is 0 Å². The van der Waals surface area contributed by atoms with Crippen LogP contribution in [0.15, 0.2) is 146 Å². The second-order valence-electron chi connectivity index (χ2n) is 19.6. The summed E-state index contributed by atoms with van der Waals surface area (Å²) >= 11 is 0. The van der Waals surface area contributed by atoms with Crippen molar-refractivity contribution in [2.45, 2.75) is 89.6 Å². The maximum absolute atomic E-state index is 6.35. The molecule has 4 fully saturated rings. The van der Waals surface area contributed by atoms with Gasteiger partial charge in [0.2, 0.25) is 0 Å². The molecule has 4 aliphatic heterocycles. The minimum atomic E-state index is -0.111. The normalized spacial score (nSPS) is 19.6. The van der Waals surface area contributed by atoms with Gasteiger partial charge < -0.3 is 37.9 Å². The summed E-state index contributed by atoms with van der Waals surface area (Å²) in [4.78, 5) is 0. The third-order valence-corrected chi connectivity index (χ3v) is 12.6. The molecule has 9 rings (SSSR count). The first-order valence-electron chi connectivity index (χ1n) is 24.1. The number of epoxide rings is 4. The van der Waals surface area contributed by atoms with Crippen LogP contribution in [0, 0.1) is 0 Å². The molecule has 4 aliphatic rings. The molecule has 0 amide bonds. The predicted octanol–water partition coefficient (Wildman–Crippen LogP) is 11.6. The van der Waals surface area contributed by atoms with Crippen molar-refractivity contribution < 1.29 is 37.9 Å². The molecule has 68 heavy (non-hydrogen) atoms. The standard InChI is InChI=1S/C60H66O8/c1-37(2)21-47-25-43(13-17-55(47)65-33-51-29-61-51)59(44-14-18-56(66-34-52-30-62-52)48(26-44)22-38(3)4)41-9-11-42(12-10-41)60(45-15-19-57(67-35-53-31-63-53)49(27-45)23-39(5)6)46-16-20-58(68-36-54-32-64-54)50(28-46)24-40(7)8/h9-20,25-28,51-54,59-60H,1,3,5,7,21-24,29-36H2,2,4,6,8H3. The van der Waals surface area contributed by atoms with Gasteiger partial charge >= 0.3 is 0 Å². The summed E-state index contributed by atoms with van der Waals surface area (Å²) < 4.78 is 47.4. The van der Waals surface area contributed by atoms with Gasteiger partial charge in [-0.1, -0.05) is 121 Å². The van der Waals surface area contributed by atoms with E-state index in [-0.39, 0.29) is 36.3 Å². The molecule has 354 valence electrons. The molecule has 8 heteroatoms. The van der Waals surface area contributed by atoms with Crippen molar-refractivity contribution in [2.75, 3.05) is 52.9 Å². The summed E-state index contributed by atoms with van der Waals surface area (Å²) in [5.41, 5.74) is 15.7. The molecule has 0 aliphatic carbocycles. The number of allylic oxidation sites excluding steroid dienone is 4.